The second-order valence-electron chi connectivity index (χ2n) is 5.34. The Kier molecular flexibility index (Phi) is 4.29. The minimum atomic E-state index is -0.176. The lowest BCUT2D eigenvalue weighted by atomic mass is 9.95. The maximum atomic E-state index is 9.82. The molecule has 1 fully saturated rings. The Labute approximate surface area is 112 Å². The summed E-state index contributed by atoms with van der Waals surface area (Å²) < 4.78 is 1.77. The van der Waals surface area contributed by atoms with Gasteiger partial charge in [-0.3, -0.25) is 0 Å². The smallest absolute Gasteiger partial charge is 0.185 e. The molecule has 1 heterocycles. The Morgan fingerprint density at radius 1 is 1.61 bits per heavy atom. The largest absolute Gasteiger partial charge is 0.394 e. The van der Waals surface area contributed by atoms with Crippen LogP contribution in [0.1, 0.15) is 26.7 Å². The number of rotatable bonds is 7. The lowest BCUT2D eigenvalue weighted by molar-refractivity contribution is 0.150. The molecule has 2 rings (SSSR count). The van der Waals surface area contributed by atoms with Gasteiger partial charge in [0.25, 0.3) is 0 Å². The summed E-state index contributed by atoms with van der Waals surface area (Å²) in [6, 6.07) is 0.373. The van der Waals surface area contributed by atoms with Crippen molar-refractivity contribution < 1.29 is 5.11 Å². The molecule has 1 aromatic rings. The minimum absolute atomic E-state index is 0.176. The van der Waals surface area contributed by atoms with Crippen molar-refractivity contribution in [3.8, 4) is 0 Å². The third-order valence-electron chi connectivity index (χ3n) is 3.35. The topological polar surface area (TPSA) is 63.0 Å². The quantitative estimate of drug-likeness (QED) is 0.725. The molecule has 1 aliphatic rings. The molecular weight excluding hydrogens is 248 g/mol. The van der Waals surface area contributed by atoms with Gasteiger partial charge in [0.2, 0.25) is 0 Å². The molecule has 5 nitrogen and oxygen atoms in total. The predicted octanol–water partition coefficient (Wildman–Crippen LogP) is 1.05. The van der Waals surface area contributed by atoms with E-state index < -0.39 is 0 Å². The zero-order valence-corrected chi connectivity index (χ0v) is 12.1. The summed E-state index contributed by atoms with van der Waals surface area (Å²) in [5.41, 5.74) is -0.176. The summed E-state index contributed by atoms with van der Waals surface area (Å²) in [5.74, 6) is 1.42. The van der Waals surface area contributed by atoms with E-state index in [4.69, 9.17) is 0 Å². The molecule has 1 saturated carbocycles. The number of aliphatic hydroxyl groups excluding tert-OH is 1. The number of hydrogen-bond donors (Lipinski definition) is 2. The summed E-state index contributed by atoms with van der Waals surface area (Å²) in [6.45, 7) is 4.43. The summed E-state index contributed by atoms with van der Waals surface area (Å²) in [7, 11) is 1.89. The third-order valence-corrected chi connectivity index (χ3v) is 4.63. The maximum Gasteiger partial charge on any atom is 0.185 e. The Morgan fingerprint density at radius 2 is 2.33 bits per heavy atom. The van der Waals surface area contributed by atoms with Crippen LogP contribution in [0.3, 0.4) is 0 Å². The van der Waals surface area contributed by atoms with Gasteiger partial charge in [-0.1, -0.05) is 25.6 Å². The molecule has 18 heavy (non-hydrogen) atoms. The van der Waals surface area contributed by atoms with Crippen LogP contribution in [-0.4, -0.2) is 43.8 Å². The molecule has 0 spiro atoms. The fourth-order valence-corrected chi connectivity index (χ4v) is 3.47. The number of aromatic nitrogens is 3. The number of nitrogens with one attached hydrogen (secondary N) is 1. The van der Waals surface area contributed by atoms with Crippen molar-refractivity contribution in [1.29, 1.82) is 0 Å². The number of aryl methyl sites for hydroxylation is 1. The van der Waals surface area contributed by atoms with Crippen LogP contribution >= 0.6 is 11.8 Å². The van der Waals surface area contributed by atoms with Gasteiger partial charge < -0.3 is 10.4 Å². The standard InChI is InChI=1S/C12H22N4OS/c1-9(2)15-12(6-17,10-4-5-10)7-18-11-13-8-14-16(11)3/h8-10,15,17H,4-7H2,1-3H3. The number of hydrogen-bond acceptors (Lipinski definition) is 5. The van der Waals surface area contributed by atoms with Crippen molar-refractivity contribution in [2.45, 2.75) is 43.4 Å². The van der Waals surface area contributed by atoms with Crippen LogP contribution in [0.5, 0.6) is 0 Å². The first-order valence-corrected chi connectivity index (χ1v) is 7.41. The molecule has 0 radical (unpaired) electrons. The van der Waals surface area contributed by atoms with E-state index in [9.17, 15) is 5.11 Å². The zero-order chi connectivity index (χ0) is 13.2. The van der Waals surface area contributed by atoms with Crippen LogP contribution in [0.2, 0.25) is 0 Å². The molecule has 0 bridgehead atoms. The van der Waals surface area contributed by atoms with Gasteiger partial charge in [0.05, 0.1) is 12.1 Å². The maximum absolute atomic E-state index is 9.82. The molecule has 2 N–H and O–H groups in total. The van der Waals surface area contributed by atoms with E-state index in [2.05, 4.69) is 29.2 Å². The first kappa shape index (κ1) is 13.8. The van der Waals surface area contributed by atoms with E-state index in [1.165, 1.54) is 12.8 Å². The van der Waals surface area contributed by atoms with Gasteiger partial charge in [-0.05, 0) is 18.8 Å². The minimum Gasteiger partial charge on any atom is -0.394 e. The highest BCUT2D eigenvalue weighted by molar-refractivity contribution is 7.99. The van der Waals surface area contributed by atoms with E-state index in [0.717, 1.165) is 10.9 Å². The Bertz CT molecular complexity index is 391. The van der Waals surface area contributed by atoms with Crippen molar-refractivity contribution >= 4 is 11.8 Å². The predicted molar refractivity (Wildman–Crippen MR) is 72.5 cm³/mol. The summed E-state index contributed by atoms with van der Waals surface area (Å²) >= 11 is 1.66. The van der Waals surface area contributed by atoms with E-state index >= 15 is 0 Å². The zero-order valence-electron chi connectivity index (χ0n) is 11.3. The molecule has 6 heteroatoms. The van der Waals surface area contributed by atoms with Crippen LogP contribution in [0.25, 0.3) is 0 Å². The van der Waals surface area contributed by atoms with Crippen LogP contribution in [0.15, 0.2) is 11.5 Å². The molecule has 0 aliphatic heterocycles. The van der Waals surface area contributed by atoms with Crippen molar-refractivity contribution in [2.75, 3.05) is 12.4 Å². The van der Waals surface area contributed by atoms with Gasteiger partial charge in [-0.2, -0.15) is 5.10 Å². The Morgan fingerprint density at radius 3 is 2.78 bits per heavy atom. The Hall–Kier alpha value is -0.590. The molecule has 1 unspecified atom stereocenters. The highest BCUT2D eigenvalue weighted by atomic mass is 32.2. The van der Waals surface area contributed by atoms with Gasteiger partial charge >= 0.3 is 0 Å². The van der Waals surface area contributed by atoms with Crippen molar-refractivity contribution in [3.05, 3.63) is 6.33 Å². The SMILES string of the molecule is CC(C)NC(CO)(CSc1ncnn1C)C1CC1. The first-order valence-electron chi connectivity index (χ1n) is 6.43. The summed E-state index contributed by atoms with van der Waals surface area (Å²) in [6.07, 6.45) is 3.98. The van der Waals surface area contributed by atoms with Gasteiger partial charge in [0, 0.05) is 18.8 Å². The number of aliphatic hydroxyl groups is 1. The first-order chi connectivity index (χ1) is 8.57. The number of nitrogens with zero attached hydrogens (tertiary/aromatic N) is 3. The monoisotopic (exact) mass is 270 g/mol. The van der Waals surface area contributed by atoms with Crippen LogP contribution in [0, 0.1) is 5.92 Å². The molecule has 0 aromatic carbocycles. The average molecular weight is 270 g/mol. The van der Waals surface area contributed by atoms with Gasteiger partial charge in [0.1, 0.15) is 6.33 Å². The van der Waals surface area contributed by atoms with E-state index in [1.807, 2.05) is 7.05 Å². The van der Waals surface area contributed by atoms with Crippen molar-refractivity contribution in [2.24, 2.45) is 13.0 Å². The molecular formula is C12H22N4OS. The third kappa shape index (κ3) is 3.05. The fraction of sp³-hybridized carbons (Fsp3) is 0.833. The lowest BCUT2D eigenvalue weighted by Gasteiger charge is -2.35. The molecule has 102 valence electrons. The van der Waals surface area contributed by atoms with Crippen LogP contribution < -0.4 is 5.32 Å². The second-order valence-corrected chi connectivity index (χ2v) is 6.28. The average Bonchev–Trinajstić information content (AvgIpc) is 3.09. The van der Waals surface area contributed by atoms with E-state index in [0.29, 0.717) is 12.0 Å². The van der Waals surface area contributed by atoms with Gasteiger partial charge in [-0.25, -0.2) is 9.67 Å². The molecule has 1 aliphatic carbocycles. The summed E-state index contributed by atoms with van der Waals surface area (Å²) in [5, 5.41) is 18.3. The van der Waals surface area contributed by atoms with Crippen LogP contribution in [0.4, 0.5) is 0 Å². The lowest BCUT2D eigenvalue weighted by Crippen LogP contribution is -2.55. The molecule has 0 saturated heterocycles. The fourth-order valence-electron chi connectivity index (χ4n) is 2.32. The van der Waals surface area contributed by atoms with Crippen LogP contribution in [-0.2, 0) is 7.05 Å². The highest BCUT2D eigenvalue weighted by Crippen LogP contribution is 2.42. The molecule has 1 aromatic heterocycles. The van der Waals surface area contributed by atoms with Crippen molar-refractivity contribution in [1.82, 2.24) is 20.1 Å². The van der Waals surface area contributed by atoms with Crippen molar-refractivity contribution in [3.63, 3.8) is 0 Å². The van der Waals surface area contributed by atoms with E-state index in [-0.39, 0.29) is 12.1 Å². The molecule has 0 amide bonds. The number of thioether (sulfide) groups is 1. The normalized spacial score (nSPS) is 19.2. The summed E-state index contributed by atoms with van der Waals surface area (Å²) in [4.78, 5) is 4.22. The Balaban J connectivity index is 2.03. The van der Waals surface area contributed by atoms with Gasteiger partial charge in [-0.15, -0.1) is 0 Å². The second kappa shape index (κ2) is 5.59. The highest BCUT2D eigenvalue weighted by Gasteiger charge is 2.45. The molecule has 1 atom stereocenters. The van der Waals surface area contributed by atoms with Gasteiger partial charge in [0.15, 0.2) is 5.16 Å². The van der Waals surface area contributed by atoms with E-state index in [1.54, 1.807) is 22.8 Å².